The summed E-state index contributed by atoms with van der Waals surface area (Å²) in [6.07, 6.45) is 2.95. The summed E-state index contributed by atoms with van der Waals surface area (Å²) in [5, 5.41) is 9.19. The molecule has 0 aromatic heterocycles. The number of benzene rings is 1. The van der Waals surface area contributed by atoms with E-state index in [2.05, 4.69) is 4.72 Å². The van der Waals surface area contributed by atoms with Crippen molar-refractivity contribution >= 4 is 33.2 Å². The summed E-state index contributed by atoms with van der Waals surface area (Å²) in [4.78, 5) is -0.373. The summed E-state index contributed by atoms with van der Waals surface area (Å²) < 4.78 is 40.7. The molecule has 1 aliphatic rings. The number of aliphatic hydroxyl groups excluding tert-OH is 1. The number of halogens is 3. The normalized spacial score (nSPS) is 23.8. The van der Waals surface area contributed by atoms with Crippen LogP contribution in [0.4, 0.5) is 4.39 Å². The first-order chi connectivity index (χ1) is 9.83. The van der Waals surface area contributed by atoms with Crippen LogP contribution in [0.25, 0.3) is 0 Å². The first kappa shape index (κ1) is 17.0. The average Bonchev–Trinajstić information content (AvgIpc) is 2.61. The number of sulfonamides is 1. The van der Waals surface area contributed by atoms with Crippen molar-refractivity contribution in [2.75, 3.05) is 0 Å². The summed E-state index contributed by atoms with van der Waals surface area (Å²) in [6.45, 7) is 0. The van der Waals surface area contributed by atoms with E-state index in [0.29, 0.717) is 12.8 Å². The Hall–Kier alpha value is -0.400. The van der Waals surface area contributed by atoms with E-state index in [4.69, 9.17) is 23.2 Å². The van der Waals surface area contributed by atoms with Gasteiger partial charge in [0.1, 0.15) is 4.90 Å². The lowest BCUT2D eigenvalue weighted by Gasteiger charge is -2.22. The maximum Gasteiger partial charge on any atom is 0.242 e. The fraction of sp³-hybridized carbons (Fsp3) is 0.538. The summed E-state index contributed by atoms with van der Waals surface area (Å²) in [5.74, 6) is -0.970. The van der Waals surface area contributed by atoms with Crippen molar-refractivity contribution in [2.24, 2.45) is 0 Å². The molecule has 0 radical (unpaired) electrons. The molecule has 21 heavy (non-hydrogen) atoms. The van der Waals surface area contributed by atoms with Crippen LogP contribution in [0.3, 0.4) is 0 Å². The minimum Gasteiger partial charge on any atom is -0.391 e. The van der Waals surface area contributed by atoms with Crippen molar-refractivity contribution in [2.45, 2.75) is 49.1 Å². The largest absolute Gasteiger partial charge is 0.391 e. The zero-order chi connectivity index (χ0) is 15.6. The molecule has 1 aliphatic carbocycles. The van der Waals surface area contributed by atoms with Gasteiger partial charge >= 0.3 is 0 Å². The first-order valence-corrected chi connectivity index (χ1v) is 8.91. The van der Waals surface area contributed by atoms with E-state index < -0.39 is 33.0 Å². The Morgan fingerprint density at radius 1 is 1.19 bits per heavy atom. The molecule has 0 saturated heterocycles. The van der Waals surface area contributed by atoms with Gasteiger partial charge in [0.05, 0.1) is 16.1 Å². The minimum atomic E-state index is -4.02. The second kappa shape index (κ2) is 6.79. The SMILES string of the molecule is O=S(=O)(NC1CCCCCC1O)c1ccc(Cl)c(F)c1Cl. The smallest absolute Gasteiger partial charge is 0.242 e. The number of rotatable bonds is 3. The van der Waals surface area contributed by atoms with E-state index in [1.807, 2.05) is 0 Å². The molecule has 0 spiro atoms. The second-order valence-corrected chi connectivity index (χ2v) is 7.57. The zero-order valence-corrected chi connectivity index (χ0v) is 13.5. The molecule has 0 bridgehead atoms. The highest BCUT2D eigenvalue weighted by Gasteiger charge is 2.29. The van der Waals surface area contributed by atoms with Crippen molar-refractivity contribution in [3.8, 4) is 0 Å². The zero-order valence-electron chi connectivity index (χ0n) is 11.2. The molecule has 2 rings (SSSR count). The van der Waals surface area contributed by atoms with Gasteiger partial charge in [-0.1, -0.05) is 42.5 Å². The number of hydrogen-bond donors (Lipinski definition) is 2. The molecule has 1 saturated carbocycles. The van der Waals surface area contributed by atoms with Crippen LogP contribution in [0.5, 0.6) is 0 Å². The van der Waals surface area contributed by atoms with Crippen molar-refractivity contribution < 1.29 is 17.9 Å². The van der Waals surface area contributed by atoms with E-state index in [1.54, 1.807) is 0 Å². The Morgan fingerprint density at radius 2 is 1.86 bits per heavy atom. The van der Waals surface area contributed by atoms with E-state index in [0.717, 1.165) is 31.4 Å². The highest BCUT2D eigenvalue weighted by molar-refractivity contribution is 7.89. The van der Waals surface area contributed by atoms with Crippen molar-refractivity contribution in [3.63, 3.8) is 0 Å². The van der Waals surface area contributed by atoms with Gasteiger partial charge < -0.3 is 5.11 Å². The molecule has 1 aromatic carbocycles. The third kappa shape index (κ3) is 3.87. The number of hydrogen-bond acceptors (Lipinski definition) is 3. The van der Waals surface area contributed by atoms with E-state index in [9.17, 15) is 17.9 Å². The molecular weight excluding hydrogens is 340 g/mol. The van der Waals surface area contributed by atoms with Crippen LogP contribution in [0, 0.1) is 5.82 Å². The molecule has 1 aromatic rings. The van der Waals surface area contributed by atoms with Crippen LogP contribution >= 0.6 is 23.2 Å². The number of nitrogens with one attached hydrogen (secondary N) is 1. The fourth-order valence-electron chi connectivity index (χ4n) is 2.40. The Balaban J connectivity index is 2.28. The van der Waals surface area contributed by atoms with Gasteiger partial charge in [0.15, 0.2) is 5.82 Å². The Labute approximate surface area is 133 Å². The van der Waals surface area contributed by atoms with Crippen LogP contribution in [0.2, 0.25) is 10.0 Å². The van der Waals surface area contributed by atoms with Crippen LogP contribution < -0.4 is 4.72 Å². The molecule has 8 heteroatoms. The molecular formula is C13H16Cl2FNO3S. The average molecular weight is 356 g/mol. The summed E-state index contributed by atoms with van der Waals surface area (Å²) >= 11 is 11.3. The Bertz CT molecular complexity index is 624. The quantitative estimate of drug-likeness (QED) is 0.646. The summed E-state index contributed by atoms with van der Waals surface area (Å²) in [6, 6.07) is 1.70. The van der Waals surface area contributed by atoms with Crippen LogP contribution in [-0.2, 0) is 10.0 Å². The van der Waals surface area contributed by atoms with Crippen molar-refractivity contribution in [1.82, 2.24) is 4.72 Å². The monoisotopic (exact) mass is 355 g/mol. The highest BCUT2D eigenvalue weighted by Crippen LogP contribution is 2.30. The minimum absolute atomic E-state index is 0.242. The molecule has 118 valence electrons. The summed E-state index contributed by atoms with van der Waals surface area (Å²) in [7, 11) is -4.02. The van der Waals surface area contributed by atoms with E-state index in [-0.39, 0.29) is 9.92 Å². The molecule has 1 fully saturated rings. The lowest BCUT2D eigenvalue weighted by molar-refractivity contribution is 0.130. The third-order valence-corrected chi connectivity index (χ3v) is 5.88. The fourth-order valence-corrected chi connectivity index (χ4v) is 4.45. The molecule has 2 atom stereocenters. The van der Waals surface area contributed by atoms with Gasteiger partial charge in [-0.3, -0.25) is 0 Å². The molecule has 4 nitrogen and oxygen atoms in total. The third-order valence-electron chi connectivity index (χ3n) is 3.58. The van der Waals surface area contributed by atoms with Gasteiger partial charge in [-0.05, 0) is 25.0 Å². The maximum atomic E-state index is 13.6. The summed E-state index contributed by atoms with van der Waals surface area (Å²) in [5.41, 5.74) is 0. The van der Waals surface area contributed by atoms with Gasteiger partial charge in [0, 0.05) is 6.04 Å². The molecule has 0 amide bonds. The van der Waals surface area contributed by atoms with Crippen molar-refractivity contribution in [1.29, 1.82) is 0 Å². The van der Waals surface area contributed by atoms with Gasteiger partial charge in [-0.15, -0.1) is 0 Å². The van der Waals surface area contributed by atoms with Crippen molar-refractivity contribution in [3.05, 3.63) is 28.0 Å². The maximum absolute atomic E-state index is 13.6. The molecule has 0 heterocycles. The topological polar surface area (TPSA) is 66.4 Å². The lowest BCUT2D eigenvalue weighted by Crippen LogP contribution is -2.42. The van der Waals surface area contributed by atoms with E-state index in [1.165, 1.54) is 0 Å². The van der Waals surface area contributed by atoms with Crippen LogP contribution in [0.15, 0.2) is 17.0 Å². The standard InChI is InChI=1S/C13H16Cl2FNO3S/c14-8-6-7-11(12(15)13(8)16)21(19,20)17-9-4-2-1-3-5-10(9)18/h6-7,9-10,17-18H,1-5H2. The molecule has 2 unspecified atom stereocenters. The Kier molecular flexibility index (Phi) is 5.48. The van der Waals surface area contributed by atoms with Crippen LogP contribution in [0.1, 0.15) is 32.1 Å². The highest BCUT2D eigenvalue weighted by atomic mass is 35.5. The lowest BCUT2D eigenvalue weighted by atomic mass is 10.1. The Morgan fingerprint density at radius 3 is 2.57 bits per heavy atom. The van der Waals surface area contributed by atoms with Gasteiger partial charge in [-0.25, -0.2) is 17.5 Å². The number of aliphatic hydroxyl groups is 1. The molecule has 2 N–H and O–H groups in total. The molecule has 0 aliphatic heterocycles. The predicted molar refractivity (Wildman–Crippen MR) is 79.6 cm³/mol. The van der Waals surface area contributed by atoms with Crippen LogP contribution in [-0.4, -0.2) is 25.7 Å². The predicted octanol–water partition coefficient (Wildman–Crippen LogP) is 3.10. The van der Waals surface area contributed by atoms with Gasteiger partial charge in [0.2, 0.25) is 10.0 Å². The second-order valence-electron chi connectivity index (χ2n) is 5.11. The van der Waals surface area contributed by atoms with Gasteiger partial charge in [-0.2, -0.15) is 0 Å². The van der Waals surface area contributed by atoms with E-state index >= 15 is 0 Å². The first-order valence-electron chi connectivity index (χ1n) is 6.67. The van der Waals surface area contributed by atoms with Gasteiger partial charge in [0.25, 0.3) is 0 Å².